The molecule has 0 radical (unpaired) electrons. The molecule has 0 unspecified atom stereocenters. The molecule has 2 N–H and O–H groups in total. The molecule has 11 heteroatoms. The summed E-state index contributed by atoms with van der Waals surface area (Å²) in [4.78, 5) is 25.4. The van der Waals surface area contributed by atoms with Crippen LogP contribution in [0.4, 0.5) is 11.8 Å². The predicted molar refractivity (Wildman–Crippen MR) is 112 cm³/mol. The van der Waals surface area contributed by atoms with E-state index in [-0.39, 0.29) is 5.54 Å². The van der Waals surface area contributed by atoms with E-state index in [0.29, 0.717) is 12.5 Å². The highest BCUT2D eigenvalue weighted by Gasteiger charge is 2.23. The Bertz CT molecular complexity index is 1010. The quantitative estimate of drug-likeness (QED) is 0.653. The van der Waals surface area contributed by atoms with Crippen LogP contribution in [0.25, 0.3) is 11.2 Å². The lowest BCUT2D eigenvalue weighted by atomic mass is 10.1. The van der Waals surface area contributed by atoms with Crippen molar-refractivity contribution in [1.82, 2.24) is 29.8 Å². The molecule has 11 nitrogen and oxygen atoms in total. The number of imidazole rings is 1. The smallest absolute Gasteiger partial charge is 0.300 e. The number of hydrogen-bond donors (Lipinski definition) is 2. The first kappa shape index (κ1) is 21.5. The number of aliphatic carboxylic acids is 1. The number of nitrogens with zero attached hydrogens (tertiary/aromatic N) is 7. The lowest BCUT2D eigenvalue weighted by Crippen LogP contribution is -2.28. The van der Waals surface area contributed by atoms with Crippen molar-refractivity contribution in [1.29, 1.82) is 0 Å². The Kier molecular flexibility index (Phi) is 6.18. The number of hydrogen-bond acceptors (Lipinski definition) is 9. The average molecular weight is 416 g/mol. The molecule has 30 heavy (non-hydrogen) atoms. The van der Waals surface area contributed by atoms with Crippen LogP contribution < -0.4 is 10.2 Å². The summed E-state index contributed by atoms with van der Waals surface area (Å²) in [6, 6.07) is 0. The first-order chi connectivity index (χ1) is 14.1. The molecular weight excluding hydrogens is 388 g/mol. The van der Waals surface area contributed by atoms with Crippen LogP contribution in [-0.4, -0.2) is 59.5 Å². The van der Waals surface area contributed by atoms with E-state index in [2.05, 4.69) is 46.3 Å². The molecule has 0 saturated carbocycles. The number of nitrogens with one attached hydrogen (secondary N) is 1. The zero-order chi connectivity index (χ0) is 21.9. The molecule has 3 aromatic heterocycles. The number of carboxylic acid groups (broad SMARTS) is 1. The van der Waals surface area contributed by atoms with Gasteiger partial charge in [-0.15, -0.1) is 0 Å². The fourth-order valence-corrected chi connectivity index (χ4v) is 3.14. The van der Waals surface area contributed by atoms with Crippen LogP contribution in [0, 0.1) is 6.92 Å². The minimum Gasteiger partial charge on any atom is -0.481 e. The second-order valence-electron chi connectivity index (χ2n) is 8.30. The monoisotopic (exact) mass is 416 g/mol. The minimum absolute atomic E-state index is 0.132. The Hall–Kier alpha value is -3.24. The Morgan fingerprint density at radius 2 is 1.90 bits per heavy atom. The molecule has 0 spiro atoms. The van der Waals surface area contributed by atoms with E-state index in [1.54, 1.807) is 6.33 Å². The van der Waals surface area contributed by atoms with E-state index in [4.69, 9.17) is 24.5 Å². The van der Waals surface area contributed by atoms with Gasteiger partial charge in [-0.2, -0.15) is 9.97 Å². The number of aromatic nitrogens is 6. The van der Waals surface area contributed by atoms with Crippen LogP contribution in [0.3, 0.4) is 0 Å². The normalized spacial score (nSPS) is 14.0. The van der Waals surface area contributed by atoms with E-state index in [1.165, 1.54) is 12.8 Å². The Morgan fingerprint density at radius 3 is 2.47 bits per heavy atom. The largest absolute Gasteiger partial charge is 0.481 e. The lowest BCUT2D eigenvalue weighted by Gasteiger charge is -2.23. The van der Waals surface area contributed by atoms with Crippen molar-refractivity contribution >= 4 is 28.9 Å². The van der Waals surface area contributed by atoms with Crippen molar-refractivity contribution in [2.45, 2.75) is 59.5 Å². The van der Waals surface area contributed by atoms with Gasteiger partial charge in [-0.1, -0.05) is 10.3 Å². The maximum atomic E-state index is 9.00. The van der Waals surface area contributed by atoms with Gasteiger partial charge in [0.15, 0.2) is 17.0 Å². The van der Waals surface area contributed by atoms with Crippen LogP contribution in [0.5, 0.6) is 0 Å². The Balaban J connectivity index is 0.000000589. The van der Waals surface area contributed by atoms with E-state index < -0.39 is 5.97 Å². The van der Waals surface area contributed by atoms with Gasteiger partial charge in [0.1, 0.15) is 11.4 Å². The first-order valence-corrected chi connectivity index (χ1v) is 9.87. The molecule has 1 fully saturated rings. The number of aryl methyl sites for hydroxylation is 1. The van der Waals surface area contributed by atoms with Crippen LogP contribution in [0.1, 0.15) is 51.9 Å². The molecule has 1 aliphatic rings. The standard InChI is InChI=1S/C17H24N8O.C2H4O2/c1-11-12(23-26-22-11)9-25-10-18-13-14(24-7-5-6-8-24)19-16(20-15(13)25)21-17(2,3)4;1-2(3)4/h10H,5-9H2,1-4H3,(H,19,20,21);1H3,(H,3,4). The van der Waals surface area contributed by atoms with Crippen molar-refractivity contribution in [3.63, 3.8) is 0 Å². The number of fused-ring (bicyclic) bond motifs is 1. The topological polar surface area (TPSA) is 135 Å². The van der Waals surface area contributed by atoms with Gasteiger partial charge < -0.3 is 19.9 Å². The highest BCUT2D eigenvalue weighted by atomic mass is 16.6. The third kappa shape index (κ3) is 5.22. The van der Waals surface area contributed by atoms with E-state index in [0.717, 1.165) is 48.4 Å². The van der Waals surface area contributed by atoms with Crippen molar-refractivity contribution in [3.8, 4) is 0 Å². The van der Waals surface area contributed by atoms with Crippen LogP contribution >= 0.6 is 0 Å². The minimum atomic E-state index is -0.833. The van der Waals surface area contributed by atoms with Gasteiger partial charge in [0.05, 0.1) is 12.9 Å². The van der Waals surface area contributed by atoms with E-state index in [1.807, 2.05) is 11.5 Å². The second kappa shape index (κ2) is 8.64. The molecular formula is C19H28N8O3. The fraction of sp³-hybridized carbons (Fsp3) is 0.579. The zero-order valence-electron chi connectivity index (χ0n) is 18.0. The van der Waals surface area contributed by atoms with Gasteiger partial charge >= 0.3 is 0 Å². The van der Waals surface area contributed by atoms with Gasteiger partial charge in [0.25, 0.3) is 5.97 Å². The Morgan fingerprint density at radius 1 is 1.23 bits per heavy atom. The Labute approximate surface area is 174 Å². The summed E-state index contributed by atoms with van der Waals surface area (Å²) in [5.41, 5.74) is 3.02. The van der Waals surface area contributed by atoms with Crippen molar-refractivity contribution in [2.75, 3.05) is 23.3 Å². The summed E-state index contributed by atoms with van der Waals surface area (Å²) < 4.78 is 6.78. The number of carbonyl (C=O) groups is 1. The average Bonchev–Trinajstić information content (AvgIpc) is 3.36. The SMILES string of the molecule is CC(=O)O.Cc1nonc1Cn1cnc2c(N3CCCC3)nc(NC(C)(C)C)nc21. The summed E-state index contributed by atoms with van der Waals surface area (Å²) in [5, 5.41) is 18.6. The van der Waals surface area contributed by atoms with Crippen LogP contribution in [0.15, 0.2) is 11.0 Å². The summed E-state index contributed by atoms with van der Waals surface area (Å²) in [7, 11) is 0. The maximum absolute atomic E-state index is 9.00. The predicted octanol–water partition coefficient (Wildman–Crippen LogP) is 2.47. The number of carboxylic acids is 1. The van der Waals surface area contributed by atoms with Gasteiger partial charge in [-0.05, 0) is 40.5 Å². The molecule has 3 aromatic rings. The van der Waals surface area contributed by atoms with E-state index >= 15 is 0 Å². The molecule has 1 aliphatic heterocycles. The number of rotatable bonds is 4. The number of anilines is 2. The van der Waals surface area contributed by atoms with Gasteiger partial charge in [0.2, 0.25) is 5.95 Å². The molecule has 4 rings (SSSR count). The van der Waals surface area contributed by atoms with Crippen LogP contribution in [0.2, 0.25) is 0 Å². The molecule has 0 bridgehead atoms. The summed E-state index contributed by atoms with van der Waals surface area (Å²) >= 11 is 0. The molecule has 4 heterocycles. The molecule has 162 valence electrons. The molecule has 0 aliphatic carbocycles. The zero-order valence-corrected chi connectivity index (χ0v) is 18.0. The maximum Gasteiger partial charge on any atom is 0.300 e. The lowest BCUT2D eigenvalue weighted by molar-refractivity contribution is -0.134. The van der Waals surface area contributed by atoms with Gasteiger partial charge in [-0.3, -0.25) is 4.79 Å². The van der Waals surface area contributed by atoms with Crippen molar-refractivity contribution < 1.29 is 14.5 Å². The second-order valence-corrected chi connectivity index (χ2v) is 8.30. The first-order valence-electron chi connectivity index (χ1n) is 9.87. The highest BCUT2D eigenvalue weighted by Crippen LogP contribution is 2.28. The summed E-state index contributed by atoms with van der Waals surface area (Å²) in [6.45, 7) is 11.8. The van der Waals surface area contributed by atoms with Crippen LogP contribution in [-0.2, 0) is 11.3 Å². The van der Waals surface area contributed by atoms with E-state index in [9.17, 15) is 0 Å². The third-order valence-corrected chi connectivity index (χ3v) is 4.40. The molecule has 0 atom stereocenters. The van der Waals surface area contributed by atoms with Crippen molar-refractivity contribution in [3.05, 3.63) is 17.7 Å². The molecule has 0 aromatic carbocycles. The van der Waals surface area contributed by atoms with Gasteiger partial charge in [0, 0.05) is 25.6 Å². The molecule has 0 amide bonds. The summed E-state index contributed by atoms with van der Waals surface area (Å²) in [5.74, 6) is 0.677. The molecule has 1 saturated heterocycles. The fourth-order valence-electron chi connectivity index (χ4n) is 3.14. The summed E-state index contributed by atoms with van der Waals surface area (Å²) in [6.07, 6.45) is 4.14. The van der Waals surface area contributed by atoms with Crippen molar-refractivity contribution in [2.24, 2.45) is 0 Å². The highest BCUT2D eigenvalue weighted by molar-refractivity contribution is 5.85. The third-order valence-electron chi connectivity index (χ3n) is 4.40. The van der Waals surface area contributed by atoms with Gasteiger partial charge in [-0.25, -0.2) is 9.61 Å².